The molecule has 14 heavy (non-hydrogen) atoms. The van der Waals surface area contributed by atoms with Crippen LogP contribution in [0.2, 0.25) is 0 Å². The first-order chi connectivity index (χ1) is 5.41. The molecule has 1 rings (SSSR count). The molecule has 0 amide bonds. The molecule has 74 valence electrons. The number of halogens is 1. The third kappa shape index (κ3) is 4.19. The van der Waals surface area contributed by atoms with E-state index in [1.54, 1.807) is 12.1 Å². The zero-order chi connectivity index (χ0) is 9.35. The Balaban J connectivity index is 0. The maximum atomic E-state index is 11.1. The zero-order valence-electron chi connectivity index (χ0n) is 9.23. The smallest absolute Gasteiger partial charge is 1.00 e. The average Bonchev–Trinajstić information content (AvgIpc) is 1.92. The zero-order valence-corrected chi connectivity index (χ0v) is 12.2. The standard InChI is InChI=1S/C11H16O.BrH.Mg/c1-8-5-6-9(12)7-10(8)11(2,3)4;;/h5-7,12H,1-4H3;1H;/q;;+2/p-2. The molecule has 0 aliphatic rings. The minimum atomic E-state index is 0. The molecule has 0 heterocycles. The van der Waals surface area contributed by atoms with E-state index in [9.17, 15) is 5.11 Å². The van der Waals surface area contributed by atoms with Crippen LogP contribution in [0.15, 0.2) is 18.2 Å². The monoisotopic (exact) mass is 266 g/mol. The SMILES string of the molecule is Cc1ccc([O-])cc1C(C)(C)C.[Br-].[Mg+2]. The molecule has 0 bridgehead atoms. The molecule has 1 nitrogen and oxygen atoms in total. The molecule has 0 fully saturated rings. The van der Waals surface area contributed by atoms with Crippen molar-refractivity contribution in [3.05, 3.63) is 29.3 Å². The van der Waals surface area contributed by atoms with Crippen LogP contribution >= 0.6 is 0 Å². The van der Waals surface area contributed by atoms with Gasteiger partial charge in [0.05, 0.1) is 0 Å². The Labute approximate surface area is 113 Å². The molecule has 1 aromatic rings. The van der Waals surface area contributed by atoms with Crippen LogP contribution in [0.4, 0.5) is 0 Å². The van der Waals surface area contributed by atoms with Crippen LogP contribution in [-0.2, 0) is 5.41 Å². The number of hydrogen-bond acceptors (Lipinski definition) is 1. The van der Waals surface area contributed by atoms with Crippen molar-refractivity contribution in [2.75, 3.05) is 0 Å². The van der Waals surface area contributed by atoms with Gasteiger partial charge in [0.25, 0.3) is 0 Å². The molecular weight excluding hydrogens is 252 g/mol. The van der Waals surface area contributed by atoms with Crippen molar-refractivity contribution < 1.29 is 22.1 Å². The molecule has 0 aliphatic heterocycles. The predicted molar refractivity (Wildman–Crippen MR) is 55.1 cm³/mol. The van der Waals surface area contributed by atoms with Gasteiger partial charge in [-0.05, 0) is 23.5 Å². The van der Waals surface area contributed by atoms with Gasteiger partial charge < -0.3 is 22.1 Å². The third-order valence-corrected chi connectivity index (χ3v) is 2.02. The van der Waals surface area contributed by atoms with Crippen molar-refractivity contribution in [2.24, 2.45) is 0 Å². The Morgan fingerprint density at radius 3 is 2.00 bits per heavy atom. The Hall–Kier alpha value is 0.266. The van der Waals surface area contributed by atoms with E-state index in [2.05, 4.69) is 20.8 Å². The second kappa shape index (κ2) is 5.98. The van der Waals surface area contributed by atoms with Gasteiger partial charge in [-0.25, -0.2) is 0 Å². The van der Waals surface area contributed by atoms with Crippen molar-refractivity contribution >= 4 is 23.1 Å². The second-order valence-corrected chi connectivity index (χ2v) is 4.23. The normalized spacial score (nSPS) is 10.0. The van der Waals surface area contributed by atoms with Gasteiger partial charge in [-0.3, -0.25) is 0 Å². The number of rotatable bonds is 0. The van der Waals surface area contributed by atoms with Crippen molar-refractivity contribution in [1.82, 2.24) is 0 Å². The fraction of sp³-hybridized carbons (Fsp3) is 0.455. The van der Waals surface area contributed by atoms with Crippen molar-refractivity contribution in [3.8, 4) is 5.75 Å². The summed E-state index contributed by atoms with van der Waals surface area (Å²) >= 11 is 0. The van der Waals surface area contributed by atoms with Crippen molar-refractivity contribution in [1.29, 1.82) is 0 Å². The van der Waals surface area contributed by atoms with Gasteiger partial charge in [-0.15, -0.1) is 5.75 Å². The van der Waals surface area contributed by atoms with Crippen LogP contribution in [0.3, 0.4) is 0 Å². The summed E-state index contributed by atoms with van der Waals surface area (Å²) in [5.41, 5.74) is 2.42. The third-order valence-electron chi connectivity index (χ3n) is 2.02. The van der Waals surface area contributed by atoms with E-state index in [-0.39, 0.29) is 51.2 Å². The van der Waals surface area contributed by atoms with E-state index in [1.807, 2.05) is 13.0 Å². The van der Waals surface area contributed by atoms with Crippen molar-refractivity contribution in [3.63, 3.8) is 0 Å². The van der Waals surface area contributed by atoms with Crippen LogP contribution in [0.5, 0.6) is 5.75 Å². The van der Waals surface area contributed by atoms with E-state index in [0.717, 1.165) is 5.56 Å². The van der Waals surface area contributed by atoms with Crippen LogP contribution in [0.1, 0.15) is 31.9 Å². The topological polar surface area (TPSA) is 23.1 Å². The first kappa shape index (κ1) is 16.7. The van der Waals surface area contributed by atoms with Gasteiger partial charge in [-0.1, -0.05) is 39.0 Å². The van der Waals surface area contributed by atoms with Gasteiger partial charge in [-0.2, -0.15) is 0 Å². The Bertz CT molecular complexity index is 292. The molecule has 1 aromatic carbocycles. The first-order valence-electron chi connectivity index (χ1n) is 4.19. The summed E-state index contributed by atoms with van der Waals surface area (Å²) in [5, 5.41) is 11.1. The van der Waals surface area contributed by atoms with Crippen LogP contribution in [0.25, 0.3) is 0 Å². The van der Waals surface area contributed by atoms with Gasteiger partial charge in [0.1, 0.15) is 0 Å². The Morgan fingerprint density at radius 2 is 1.64 bits per heavy atom. The molecule has 3 heteroatoms. The molecular formula is C11H15BrMgO. The van der Waals surface area contributed by atoms with Crippen molar-refractivity contribution in [2.45, 2.75) is 33.1 Å². The number of benzene rings is 1. The summed E-state index contributed by atoms with van der Waals surface area (Å²) in [6.45, 7) is 8.40. The largest absolute Gasteiger partial charge is 2.00 e. The van der Waals surface area contributed by atoms with Gasteiger partial charge in [0.2, 0.25) is 0 Å². The van der Waals surface area contributed by atoms with Gasteiger partial charge >= 0.3 is 23.1 Å². The quantitative estimate of drug-likeness (QED) is 0.553. The second-order valence-electron chi connectivity index (χ2n) is 4.23. The van der Waals surface area contributed by atoms with E-state index in [4.69, 9.17) is 0 Å². The van der Waals surface area contributed by atoms with Gasteiger partial charge in [0, 0.05) is 0 Å². The molecule has 0 N–H and O–H groups in total. The summed E-state index contributed by atoms with van der Waals surface area (Å²) < 4.78 is 0. The number of hydrogen-bond donors (Lipinski definition) is 0. The summed E-state index contributed by atoms with van der Waals surface area (Å²) in [5.74, 6) is 0.102. The van der Waals surface area contributed by atoms with Gasteiger partial charge in [0.15, 0.2) is 0 Å². The molecule has 0 radical (unpaired) electrons. The van der Waals surface area contributed by atoms with E-state index < -0.39 is 0 Å². The summed E-state index contributed by atoms with van der Waals surface area (Å²) in [6, 6.07) is 5.24. The van der Waals surface area contributed by atoms with E-state index in [1.165, 1.54) is 5.56 Å². The van der Waals surface area contributed by atoms with Crippen LogP contribution in [0, 0.1) is 6.92 Å². The fourth-order valence-corrected chi connectivity index (χ4v) is 1.41. The Kier molecular flexibility index (Phi) is 7.13. The molecule has 0 spiro atoms. The van der Waals surface area contributed by atoms with Crippen LogP contribution in [-0.4, -0.2) is 23.1 Å². The fourth-order valence-electron chi connectivity index (χ4n) is 1.41. The van der Waals surface area contributed by atoms with E-state index >= 15 is 0 Å². The average molecular weight is 267 g/mol. The molecule has 0 aromatic heterocycles. The number of aryl methyl sites for hydroxylation is 1. The molecule has 0 unspecified atom stereocenters. The molecule has 0 saturated heterocycles. The summed E-state index contributed by atoms with van der Waals surface area (Å²) in [7, 11) is 0. The van der Waals surface area contributed by atoms with Crippen LogP contribution < -0.4 is 22.1 Å². The summed E-state index contributed by atoms with van der Waals surface area (Å²) in [6.07, 6.45) is 0. The minimum absolute atomic E-state index is 0. The first-order valence-corrected chi connectivity index (χ1v) is 4.19. The molecule has 0 atom stereocenters. The summed E-state index contributed by atoms with van der Waals surface area (Å²) in [4.78, 5) is 0. The minimum Gasteiger partial charge on any atom is -1.00 e. The predicted octanol–water partition coefficient (Wildman–Crippen LogP) is -1.01. The Morgan fingerprint density at radius 1 is 1.14 bits per heavy atom. The molecule has 0 saturated carbocycles. The maximum Gasteiger partial charge on any atom is 2.00 e. The maximum absolute atomic E-state index is 11.1. The van der Waals surface area contributed by atoms with E-state index in [0.29, 0.717) is 0 Å². The molecule has 0 aliphatic carbocycles.